The zero-order chi connectivity index (χ0) is 18.7. The van der Waals surface area contributed by atoms with Crippen LogP contribution in [-0.4, -0.2) is 31.9 Å². The standard InChI is InChI=1S/C20H24N2O4/c1-20(2)11-14-12-25-10-9-17(14)18(20)13-26-16-7-5-15(6-8-16)21-19(23)22(3)24-4/h5-10,12H,11,13H2,1-4H3,(H,21,23). The number of hydroxylamine groups is 2. The van der Waals surface area contributed by atoms with Crippen molar-refractivity contribution >= 4 is 11.7 Å². The lowest BCUT2D eigenvalue weighted by Gasteiger charge is -2.22. The number of allylic oxidation sites excluding steroid dienone is 3. The van der Waals surface area contributed by atoms with Crippen molar-refractivity contribution in [1.82, 2.24) is 5.06 Å². The fraction of sp³-hybridized carbons (Fsp3) is 0.350. The third-order valence-corrected chi connectivity index (χ3v) is 4.69. The molecule has 1 aromatic rings. The van der Waals surface area contributed by atoms with Crippen LogP contribution >= 0.6 is 0 Å². The molecule has 1 aliphatic carbocycles. The molecule has 1 aromatic carbocycles. The van der Waals surface area contributed by atoms with Crippen molar-refractivity contribution < 1.29 is 19.1 Å². The molecule has 0 radical (unpaired) electrons. The molecule has 0 saturated carbocycles. The highest BCUT2D eigenvalue weighted by Crippen LogP contribution is 2.47. The molecule has 2 aliphatic rings. The molecule has 1 N–H and O–H groups in total. The number of ether oxygens (including phenoxy) is 2. The molecule has 0 spiro atoms. The number of carbonyl (C=O) groups excluding carboxylic acids is 1. The Morgan fingerprint density at radius 2 is 2.04 bits per heavy atom. The minimum atomic E-state index is -0.341. The number of benzene rings is 1. The van der Waals surface area contributed by atoms with E-state index in [-0.39, 0.29) is 11.4 Å². The first-order valence-corrected chi connectivity index (χ1v) is 8.47. The highest BCUT2D eigenvalue weighted by molar-refractivity contribution is 5.88. The Balaban J connectivity index is 1.65. The molecule has 0 fully saturated rings. The average molecular weight is 356 g/mol. The number of nitrogens with one attached hydrogen (secondary N) is 1. The Bertz CT molecular complexity index is 776. The minimum absolute atomic E-state index is 0.0395. The zero-order valence-electron chi connectivity index (χ0n) is 15.5. The first-order chi connectivity index (χ1) is 12.4. The molecule has 6 heteroatoms. The maximum Gasteiger partial charge on any atom is 0.345 e. The van der Waals surface area contributed by atoms with Crippen LogP contribution in [0.1, 0.15) is 20.3 Å². The number of carbonyl (C=O) groups is 1. The number of amides is 2. The minimum Gasteiger partial charge on any atom is -0.489 e. The van der Waals surface area contributed by atoms with Gasteiger partial charge in [-0.1, -0.05) is 13.8 Å². The number of anilines is 1. The van der Waals surface area contributed by atoms with E-state index in [2.05, 4.69) is 19.2 Å². The lowest BCUT2D eigenvalue weighted by molar-refractivity contribution is -0.0598. The molecule has 6 nitrogen and oxygen atoms in total. The monoisotopic (exact) mass is 356 g/mol. The number of hydrogen-bond acceptors (Lipinski definition) is 4. The summed E-state index contributed by atoms with van der Waals surface area (Å²) in [5.74, 6) is 0.750. The van der Waals surface area contributed by atoms with Crippen molar-refractivity contribution in [2.75, 3.05) is 26.1 Å². The van der Waals surface area contributed by atoms with Crippen LogP contribution in [0.25, 0.3) is 0 Å². The predicted octanol–water partition coefficient (Wildman–Crippen LogP) is 4.24. The molecule has 26 heavy (non-hydrogen) atoms. The number of rotatable bonds is 5. The number of nitrogens with zero attached hydrogens (tertiary/aromatic N) is 1. The van der Waals surface area contributed by atoms with E-state index in [4.69, 9.17) is 14.3 Å². The molecule has 0 saturated heterocycles. The van der Waals surface area contributed by atoms with E-state index in [1.54, 1.807) is 25.4 Å². The van der Waals surface area contributed by atoms with Gasteiger partial charge in [0, 0.05) is 12.7 Å². The van der Waals surface area contributed by atoms with Gasteiger partial charge in [-0.25, -0.2) is 9.86 Å². The third kappa shape index (κ3) is 3.75. The van der Waals surface area contributed by atoms with Crippen LogP contribution in [0.2, 0.25) is 0 Å². The summed E-state index contributed by atoms with van der Waals surface area (Å²) in [5, 5.41) is 3.85. The van der Waals surface area contributed by atoms with Crippen molar-refractivity contribution in [3.05, 3.63) is 59.6 Å². The van der Waals surface area contributed by atoms with Crippen molar-refractivity contribution in [1.29, 1.82) is 0 Å². The van der Waals surface area contributed by atoms with Gasteiger partial charge in [-0.2, -0.15) is 0 Å². The Morgan fingerprint density at radius 3 is 2.73 bits per heavy atom. The van der Waals surface area contributed by atoms with E-state index in [1.165, 1.54) is 23.8 Å². The summed E-state index contributed by atoms with van der Waals surface area (Å²) in [6.45, 7) is 4.95. The summed E-state index contributed by atoms with van der Waals surface area (Å²) in [4.78, 5) is 16.6. The molecule has 0 unspecified atom stereocenters. The lowest BCUT2D eigenvalue weighted by Crippen LogP contribution is -2.30. The van der Waals surface area contributed by atoms with Crippen molar-refractivity contribution in [3.63, 3.8) is 0 Å². The lowest BCUT2D eigenvalue weighted by atomic mass is 9.85. The summed E-state index contributed by atoms with van der Waals surface area (Å²) in [5.41, 5.74) is 4.41. The van der Waals surface area contributed by atoms with Gasteiger partial charge in [0.1, 0.15) is 12.4 Å². The van der Waals surface area contributed by atoms with Crippen LogP contribution in [0.4, 0.5) is 10.5 Å². The van der Waals surface area contributed by atoms with Crippen LogP contribution in [0, 0.1) is 5.41 Å². The molecule has 1 heterocycles. The van der Waals surface area contributed by atoms with Crippen molar-refractivity contribution in [2.24, 2.45) is 5.41 Å². The van der Waals surface area contributed by atoms with Crippen LogP contribution in [0.5, 0.6) is 5.75 Å². The van der Waals surface area contributed by atoms with Gasteiger partial charge >= 0.3 is 6.03 Å². The zero-order valence-corrected chi connectivity index (χ0v) is 15.5. The van der Waals surface area contributed by atoms with Crippen LogP contribution in [0.15, 0.2) is 59.6 Å². The van der Waals surface area contributed by atoms with Crippen LogP contribution in [-0.2, 0) is 9.57 Å². The van der Waals surface area contributed by atoms with Gasteiger partial charge < -0.3 is 14.8 Å². The SMILES string of the molecule is CON(C)C(=O)Nc1ccc(OCC2=C3C=COC=C3CC2(C)C)cc1. The van der Waals surface area contributed by atoms with Gasteiger partial charge in [-0.3, -0.25) is 4.84 Å². The second-order valence-corrected chi connectivity index (χ2v) is 6.96. The molecule has 0 bridgehead atoms. The highest BCUT2D eigenvalue weighted by Gasteiger charge is 2.36. The molecule has 3 rings (SSSR count). The fourth-order valence-electron chi connectivity index (χ4n) is 3.13. The first kappa shape index (κ1) is 18.1. The average Bonchev–Trinajstić information content (AvgIpc) is 2.89. The van der Waals surface area contributed by atoms with Crippen LogP contribution < -0.4 is 10.1 Å². The van der Waals surface area contributed by atoms with Gasteiger partial charge in [-0.15, -0.1) is 0 Å². The van der Waals surface area contributed by atoms with E-state index in [0.717, 1.165) is 17.2 Å². The Morgan fingerprint density at radius 1 is 1.31 bits per heavy atom. The topological polar surface area (TPSA) is 60.0 Å². The second-order valence-electron chi connectivity index (χ2n) is 6.96. The highest BCUT2D eigenvalue weighted by atomic mass is 16.7. The fourth-order valence-corrected chi connectivity index (χ4v) is 3.13. The Hall–Kier alpha value is -2.73. The van der Waals surface area contributed by atoms with Gasteiger partial charge in [0.15, 0.2) is 0 Å². The normalized spacial score (nSPS) is 17.3. The first-order valence-electron chi connectivity index (χ1n) is 8.47. The van der Waals surface area contributed by atoms with Gasteiger partial charge in [0.2, 0.25) is 0 Å². The maximum atomic E-state index is 11.8. The van der Waals surface area contributed by atoms with E-state index >= 15 is 0 Å². The summed E-state index contributed by atoms with van der Waals surface area (Å²) >= 11 is 0. The van der Waals surface area contributed by atoms with Gasteiger partial charge in [0.25, 0.3) is 0 Å². The van der Waals surface area contributed by atoms with E-state index in [1.807, 2.05) is 24.5 Å². The van der Waals surface area contributed by atoms with Crippen molar-refractivity contribution in [2.45, 2.75) is 20.3 Å². The number of urea groups is 1. The molecule has 2 amide bonds. The predicted molar refractivity (Wildman–Crippen MR) is 99.5 cm³/mol. The van der Waals surface area contributed by atoms with Crippen LogP contribution in [0.3, 0.4) is 0 Å². The quantitative estimate of drug-likeness (QED) is 0.802. The number of fused-ring (bicyclic) bond motifs is 1. The molecule has 0 atom stereocenters. The number of hydrogen-bond donors (Lipinski definition) is 1. The molecular formula is C20H24N2O4. The molecular weight excluding hydrogens is 332 g/mol. The summed E-state index contributed by atoms with van der Waals surface area (Å²) in [6.07, 6.45) is 6.48. The van der Waals surface area contributed by atoms with Crippen molar-refractivity contribution in [3.8, 4) is 5.75 Å². The largest absolute Gasteiger partial charge is 0.489 e. The Kier molecular flexibility index (Phi) is 5.04. The van der Waals surface area contributed by atoms with E-state index in [0.29, 0.717) is 12.3 Å². The second kappa shape index (κ2) is 7.25. The Labute approximate surface area is 153 Å². The third-order valence-electron chi connectivity index (χ3n) is 4.69. The summed E-state index contributed by atoms with van der Waals surface area (Å²) in [7, 11) is 2.98. The summed E-state index contributed by atoms with van der Waals surface area (Å²) in [6, 6.07) is 6.94. The van der Waals surface area contributed by atoms with Gasteiger partial charge in [0.05, 0.1) is 19.6 Å². The maximum absolute atomic E-state index is 11.8. The van der Waals surface area contributed by atoms with Gasteiger partial charge in [-0.05, 0) is 58.9 Å². The molecule has 1 aliphatic heterocycles. The molecule has 138 valence electrons. The molecule has 0 aromatic heterocycles. The van der Waals surface area contributed by atoms with E-state index in [9.17, 15) is 4.79 Å². The van der Waals surface area contributed by atoms with E-state index < -0.39 is 0 Å². The smallest absolute Gasteiger partial charge is 0.345 e. The summed E-state index contributed by atoms with van der Waals surface area (Å²) < 4.78 is 11.3.